The molecule has 0 aliphatic carbocycles. The van der Waals surface area contributed by atoms with Crippen molar-refractivity contribution in [2.24, 2.45) is 0 Å². The highest BCUT2D eigenvalue weighted by Gasteiger charge is 2.09. The molecule has 1 aromatic carbocycles. The number of halogens is 1. The van der Waals surface area contributed by atoms with Crippen LogP contribution < -0.4 is 0 Å². The minimum atomic E-state index is -0.203. The van der Waals surface area contributed by atoms with Crippen LogP contribution in [0.15, 0.2) is 59.3 Å². The monoisotopic (exact) mass is 311 g/mol. The summed E-state index contributed by atoms with van der Waals surface area (Å²) in [5.74, 6) is 0.595. The molecule has 0 saturated carbocycles. The van der Waals surface area contributed by atoms with Crippen molar-refractivity contribution in [1.29, 1.82) is 0 Å². The van der Waals surface area contributed by atoms with E-state index in [4.69, 9.17) is 4.52 Å². The van der Waals surface area contributed by atoms with Crippen LogP contribution in [0, 0.1) is 5.82 Å². The predicted molar refractivity (Wildman–Crippen MR) is 86.2 cm³/mol. The highest BCUT2D eigenvalue weighted by Crippen LogP contribution is 2.17. The Kier molecular flexibility index (Phi) is 4.78. The topological polar surface area (TPSA) is 42.2 Å². The highest BCUT2D eigenvalue weighted by molar-refractivity contribution is 5.52. The Morgan fingerprint density at radius 2 is 1.91 bits per heavy atom. The first-order valence-electron chi connectivity index (χ1n) is 7.51. The molecule has 0 amide bonds. The van der Waals surface area contributed by atoms with Gasteiger partial charge in [0.05, 0.1) is 12.2 Å². The van der Waals surface area contributed by atoms with Gasteiger partial charge in [-0.1, -0.05) is 23.4 Å². The minimum absolute atomic E-state index is 0.203. The quantitative estimate of drug-likeness (QED) is 0.698. The molecule has 0 aliphatic rings. The fourth-order valence-corrected chi connectivity index (χ4v) is 2.34. The van der Waals surface area contributed by atoms with Crippen molar-refractivity contribution in [3.8, 4) is 11.4 Å². The summed E-state index contributed by atoms with van der Waals surface area (Å²) in [6.07, 6.45) is 2.59. The maximum Gasteiger partial charge on any atom is 0.151 e. The number of pyridine rings is 1. The van der Waals surface area contributed by atoms with E-state index in [0.29, 0.717) is 6.54 Å². The third-order valence-electron chi connectivity index (χ3n) is 3.61. The Hall–Kier alpha value is -2.53. The molecule has 3 rings (SSSR count). The van der Waals surface area contributed by atoms with Gasteiger partial charge in [-0.2, -0.15) is 0 Å². The maximum atomic E-state index is 12.9. The summed E-state index contributed by atoms with van der Waals surface area (Å²) < 4.78 is 18.3. The lowest BCUT2D eigenvalue weighted by atomic mass is 10.1. The molecular weight excluding hydrogens is 293 g/mol. The van der Waals surface area contributed by atoms with Gasteiger partial charge in [-0.05, 0) is 43.3 Å². The Morgan fingerprint density at radius 1 is 1.09 bits per heavy atom. The van der Waals surface area contributed by atoms with Crippen molar-refractivity contribution < 1.29 is 8.91 Å². The van der Waals surface area contributed by atoms with Crippen LogP contribution in [0.25, 0.3) is 11.4 Å². The molecule has 0 fully saturated rings. The zero-order chi connectivity index (χ0) is 16.1. The fraction of sp³-hybridized carbons (Fsp3) is 0.222. The molecule has 0 atom stereocenters. The number of aromatic nitrogens is 2. The molecule has 3 aromatic rings. The van der Waals surface area contributed by atoms with Crippen LogP contribution in [0.1, 0.15) is 11.3 Å². The molecule has 0 saturated heterocycles. The SMILES string of the molecule is CN(CCc1ccc(F)cc1)Cc1cc(-c2ccccn2)no1. The maximum absolute atomic E-state index is 12.9. The van der Waals surface area contributed by atoms with Gasteiger partial charge in [-0.15, -0.1) is 0 Å². The van der Waals surface area contributed by atoms with E-state index >= 15 is 0 Å². The zero-order valence-corrected chi connectivity index (χ0v) is 12.9. The fourth-order valence-electron chi connectivity index (χ4n) is 2.34. The summed E-state index contributed by atoms with van der Waals surface area (Å²) in [6, 6.07) is 14.2. The molecule has 2 aromatic heterocycles. The third kappa shape index (κ3) is 4.23. The molecular formula is C18H18FN3O. The smallest absolute Gasteiger partial charge is 0.151 e. The van der Waals surface area contributed by atoms with Gasteiger partial charge >= 0.3 is 0 Å². The van der Waals surface area contributed by atoms with Gasteiger partial charge in [0, 0.05) is 18.8 Å². The van der Waals surface area contributed by atoms with E-state index < -0.39 is 0 Å². The molecule has 0 N–H and O–H groups in total. The Labute approximate surface area is 134 Å². The van der Waals surface area contributed by atoms with Gasteiger partial charge in [0.2, 0.25) is 0 Å². The number of benzene rings is 1. The molecule has 0 radical (unpaired) electrons. The number of hydrogen-bond acceptors (Lipinski definition) is 4. The van der Waals surface area contributed by atoms with Gasteiger partial charge < -0.3 is 4.52 Å². The predicted octanol–water partition coefficient (Wildman–Crippen LogP) is 3.55. The number of likely N-dealkylation sites (N-methyl/N-ethyl adjacent to an activating group) is 1. The molecule has 0 bridgehead atoms. The largest absolute Gasteiger partial charge is 0.359 e. The standard InChI is InChI=1S/C18H18FN3O/c1-22(11-9-14-5-7-15(19)8-6-14)13-16-12-18(21-23-16)17-4-2-3-10-20-17/h2-8,10,12H,9,11,13H2,1H3. The summed E-state index contributed by atoms with van der Waals surface area (Å²) >= 11 is 0. The van der Waals surface area contributed by atoms with Gasteiger partial charge in [0.15, 0.2) is 5.76 Å². The highest BCUT2D eigenvalue weighted by atomic mass is 19.1. The molecule has 5 heteroatoms. The third-order valence-corrected chi connectivity index (χ3v) is 3.61. The van der Waals surface area contributed by atoms with E-state index in [1.54, 1.807) is 6.20 Å². The van der Waals surface area contributed by atoms with E-state index in [-0.39, 0.29) is 5.82 Å². The van der Waals surface area contributed by atoms with Crippen molar-refractivity contribution in [3.63, 3.8) is 0 Å². The second kappa shape index (κ2) is 7.15. The summed E-state index contributed by atoms with van der Waals surface area (Å²) in [5.41, 5.74) is 2.66. The Bertz CT molecular complexity index is 740. The van der Waals surface area contributed by atoms with Crippen molar-refractivity contribution >= 4 is 0 Å². The molecule has 4 nitrogen and oxygen atoms in total. The minimum Gasteiger partial charge on any atom is -0.359 e. The second-order valence-electron chi connectivity index (χ2n) is 5.51. The van der Waals surface area contributed by atoms with Crippen LogP contribution >= 0.6 is 0 Å². The van der Waals surface area contributed by atoms with Crippen LogP contribution in [0.4, 0.5) is 4.39 Å². The first-order valence-corrected chi connectivity index (χ1v) is 7.51. The van der Waals surface area contributed by atoms with Gasteiger partial charge in [0.1, 0.15) is 11.5 Å². The first-order chi connectivity index (χ1) is 11.2. The number of rotatable bonds is 6. The second-order valence-corrected chi connectivity index (χ2v) is 5.51. The van der Waals surface area contributed by atoms with Crippen molar-refractivity contribution in [1.82, 2.24) is 15.0 Å². The number of nitrogens with zero attached hydrogens (tertiary/aromatic N) is 3. The average Bonchev–Trinajstić information content (AvgIpc) is 3.04. The Balaban J connectivity index is 1.55. The van der Waals surface area contributed by atoms with Crippen molar-refractivity contribution in [3.05, 3.63) is 71.9 Å². The summed E-state index contributed by atoms with van der Waals surface area (Å²) in [4.78, 5) is 6.40. The van der Waals surface area contributed by atoms with Crippen LogP contribution in [0.3, 0.4) is 0 Å². The van der Waals surface area contributed by atoms with Gasteiger partial charge in [0.25, 0.3) is 0 Å². The summed E-state index contributed by atoms with van der Waals surface area (Å²) in [7, 11) is 2.02. The van der Waals surface area contributed by atoms with E-state index in [0.717, 1.165) is 35.7 Å². The van der Waals surface area contributed by atoms with Crippen LogP contribution in [-0.4, -0.2) is 28.6 Å². The molecule has 2 heterocycles. The normalized spacial score (nSPS) is 11.1. The lowest BCUT2D eigenvalue weighted by molar-refractivity contribution is 0.275. The molecule has 0 spiro atoms. The van der Waals surface area contributed by atoms with Crippen LogP contribution in [-0.2, 0) is 13.0 Å². The zero-order valence-electron chi connectivity index (χ0n) is 12.9. The Morgan fingerprint density at radius 3 is 2.65 bits per heavy atom. The average molecular weight is 311 g/mol. The molecule has 0 unspecified atom stereocenters. The van der Waals surface area contributed by atoms with Crippen LogP contribution in [0.2, 0.25) is 0 Å². The van der Waals surface area contributed by atoms with E-state index in [9.17, 15) is 4.39 Å². The van der Waals surface area contributed by atoms with Gasteiger partial charge in [-0.3, -0.25) is 9.88 Å². The van der Waals surface area contributed by atoms with Gasteiger partial charge in [-0.25, -0.2) is 4.39 Å². The lowest BCUT2D eigenvalue weighted by Gasteiger charge is -2.14. The van der Waals surface area contributed by atoms with Crippen molar-refractivity contribution in [2.75, 3.05) is 13.6 Å². The molecule has 0 aliphatic heterocycles. The summed E-state index contributed by atoms with van der Waals surface area (Å²) in [5, 5.41) is 4.06. The van der Waals surface area contributed by atoms with Crippen LogP contribution in [0.5, 0.6) is 0 Å². The van der Waals surface area contributed by atoms with E-state index in [1.165, 1.54) is 12.1 Å². The molecule has 23 heavy (non-hydrogen) atoms. The summed E-state index contributed by atoms with van der Waals surface area (Å²) in [6.45, 7) is 1.52. The van der Waals surface area contributed by atoms with E-state index in [2.05, 4.69) is 15.0 Å². The molecule has 118 valence electrons. The van der Waals surface area contributed by atoms with Crippen molar-refractivity contribution in [2.45, 2.75) is 13.0 Å². The number of hydrogen-bond donors (Lipinski definition) is 0. The lowest BCUT2D eigenvalue weighted by Crippen LogP contribution is -2.20. The van der Waals surface area contributed by atoms with E-state index in [1.807, 2.05) is 43.4 Å². The first kappa shape index (κ1) is 15.4.